The molecule has 1 aliphatic carbocycles. The van der Waals surface area contributed by atoms with Crippen molar-refractivity contribution >= 4 is 17.2 Å². The van der Waals surface area contributed by atoms with Gasteiger partial charge < -0.3 is 9.64 Å². The van der Waals surface area contributed by atoms with Crippen LogP contribution in [0.1, 0.15) is 36.2 Å². The van der Waals surface area contributed by atoms with Gasteiger partial charge in [-0.2, -0.15) is 0 Å². The van der Waals surface area contributed by atoms with Crippen molar-refractivity contribution in [3.8, 4) is 0 Å². The van der Waals surface area contributed by atoms with Crippen LogP contribution in [0.5, 0.6) is 0 Å². The van der Waals surface area contributed by atoms with Gasteiger partial charge in [-0.1, -0.05) is 0 Å². The summed E-state index contributed by atoms with van der Waals surface area (Å²) in [5, 5.41) is 5.70. The molecule has 2 heterocycles. The van der Waals surface area contributed by atoms with E-state index in [1.54, 1.807) is 0 Å². The number of morpholine rings is 1. The summed E-state index contributed by atoms with van der Waals surface area (Å²) in [5.41, 5.74) is 1.41. The number of fused-ring (bicyclic) bond motifs is 1. The minimum atomic E-state index is -0.121. The smallest absolute Gasteiger partial charge is 0.239 e. The Balaban J connectivity index is 1.62. The summed E-state index contributed by atoms with van der Waals surface area (Å²) in [4.78, 5) is 15.8. The summed E-state index contributed by atoms with van der Waals surface area (Å²) in [6, 6.07) is 2.43. The van der Waals surface area contributed by atoms with Gasteiger partial charge in [0, 0.05) is 24.0 Å². The molecule has 2 unspecified atom stereocenters. The molecule has 1 fully saturated rings. The Morgan fingerprint density at radius 1 is 1.50 bits per heavy atom. The maximum Gasteiger partial charge on any atom is 0.239 e. The third-order valence-electron chi connectivity index (χ3n) is 4.20. The molecule has 0 saturated carbocycles. The molecule has 2 aliphatic rings. The molecule has 0 spiro atoms. The molecular weight excluding hydrogens is 272 g/mol. The second-order valence-corrected chi connectivity index (χ2v) is 6.57. The Bertz CT molecular complexity index is 468. The van der Waals surface area contributed by atoms with Gasteiger partial charge in [0.05, 0.1) is 19.3 Å². The van der Waals surface area contributed by atoms with Crippen LogP contribution in [0.4, 0.5) is 0 Å². The van der Waals surface area contributed by atoms with Crippen LogP contribution >= 0.6 is 11.3 Å². The third kappa shape index (κ3) is 2.90. The van der Waals surface area contributed by atoms with E-state index >= 15 is 0 Å². The van der Waals surface area contributed by atoms with Crippen LogP contribution in [0.15, 0.2) is 11.4 Å². The molecule has 110 valence electrons. The number of hydrogen-bond donors (Lipinski definition) is 1. The first-order valence-corrected chi connectivity index (χ1v) is 8.32. The van der Waals surface area contributed by atoms with Crippen molar-refractivity contribution in [3.63, 3.8) is 0 Å². The van der Waals surface area contributed by atoms with Gasteiger partial charge in [-0.05, 0) is 43.2 Å². The van der Waals surface area contributed by atoms with Crippen molar-refractivity contribution in [2.75, 3.05) is 26.3 Å². The topological polar surface area (TPSA) is 41.6 Å². The van der Waals surface area contributed by atoms with Gasteiger partial charge >= 0.3 is 0 Å². The Morgan fingerprint density at radius 3 is 3.10 bits per heavy atom. The molecule has 0 radical (unpaired) electrons. The molecule has 2 atom stereocenters. The Kier molecular flexibility index (Phi) is 4.38. The highest BCUT2D eigenvalue weighted by atomic mass is 32.1. The number of carbonyl (C=O) groups is 1. The van der Waals surface area contributed by atoms with Crippen LogP contribution < -0.4 is 5.32 Å². The van der Waals surface area contributed by atoms with E-state index in [2.05, 4.69) is 16.8 Å². The Labute approximate surface area is 124 Å². The number of nitrogens with one attached hydrogen (secondary N) is 1. The lowest BCUT2D eigenvalue weighted by Crippen LogP contribution is -2.50. The number of thiophene rings is 1. The monoisotopic (exact) mass is 294 g/mol. The Hall–Kier alpha value is -0.910. The van der Waals surface area contributed by atoms with Gasteiger partial charge in [-0.3, -0.25) is 10.1 Å². The predicted molar refractivity (Wildman–Crippen MR) is 80.0 cm³/mol. The zero-order valence-corrected chi connectivity index (χ0v) is 12.7. The lowest BCUT2D eigenvalue weighted by Gasteiger charge is -2.32. The summed E-state index contributed by atoms with van der Waals surface area (Å²) < 4.78 is 5.30. The quantitative estimate of drug-likeness (QED) is 0.926. The van der Waals surface area contributed by atoms with E-state index in [0.717, 1.165) is 19.5 Å². The molecule has 1 aromatic heterocycles. The van der Waals surface area contributed by atoms with E-state index in [9.17, 15) is 4.79 Å². The van der Waals surface area contributed by atoms with Gasteiger partial charge in [0.15, 0.2) is 0 Å². The maximum absolute atomic E-state index is 12.4. The summed E-state index contributed by atoms with van der Waals surface area (Å²) in [5.74, 6) is 0.204. The number of amides is 1. The standard InChI is InChI=1S/C15H22N2O2S/c1-11(15(18)17-6-8-19-9-7-17)16-13-3-2-4-14-12(13)5-10-20-14/h5,10-11,13,16H,2-4,6-9H2,1H3. The fourth-order valence-electron chi connectivity index (χ4n) is 3.09. The first-order valence-electron chi connectivity index (χ1n) is 7.44. The van der Waals surface area contributed by atoms with E-state index < -0.39 is 0 Å². The summed E-state index contributed by atoms with van der Waals surface area (Å²) >= 11 is 1.84. The number of nitrogens with zero attached hydrogens (tertiary/aromatic N) is 1. The van der Waals surface area contributed by atoms with Crippen molar-refractivity contribution in [1.82, 2.24) is 10.2 Å². The first kappa shape index (κ1) is 14.0. The summed E-state index contributed by atoms with van der Waals surface area (Å²) in [6.07, 6.45) is 3.53. The number of aryl methyl sites for hydroxylation is 1. The molecule has 4 nitrogen and oxygen atoms in total. The van der Waals surface area contributed by atoms with Crippen LogP contribution in [0.2, 0.25) is 0 Å². The number of ether oxygens (including phenoxy) is 1. The highest BCUT2D eigenvalue weighted by molar-refractivity contribution is 7.10. The van der Waals surface area contributed by atoms with Crippen LogP contribution in [0, 0.1) is 0 Å². The van der Waals surface area contributed by atoms with Crippen molar-refractivity contribution < 1.29 is 9.53 Å². The first-order chi connectivity index (χ1) is 9.75. The molecule has 3 rings (SSSR count). The predicted octanol–water partition coefficient (Wildman–Crippen LogP) is 1.96. The normalized spacial score (nSPS) is 24.2. The molecule has 0 bridgehead atoms. The second kappa shape index (κ2) is 6.24. The zero-order chi connectivity index (χ0) is 13.9. The molecule has 0 aromatic carbocycles. The number of carbonyl (C=O) groups excluding carboxylic acids is 1. The fourth-order valence-corrected chi connectivity index (χ4v) is 4.08. The lowest BCUT2D eigenvalue weighted by molar-refractivity contribution is -0.137. The molecule has 1 aromatic rings. The molecule has 1 N–H and O–H groups in total. The average molecular weight is 294 g/mol. The molecule has 1 amide bonds. The van der Waals surface area contributed by atoms with Crippen LogP contribution in [0.3, 0.4) is 0 Å². The van der Waals surface area contributed by atoms with Crippen LogP contribution in [-0.4, -0.2) is 43.2 Å². The minimum absolute atomic E-state index is 0.121. The van der Waals surface area contributed by atoms with E-state index in [-0.39, 0.29) is 11.9 Å². The van der Waals surface area contributed by atoms with Gasteiger partial charge in [0.25, 0.3) is 0 Å². The molecule has 1 aliphatic heterocycles. The van der Waals surface area contributed by atoms with Gasteiger partial charge in [0.2, 0.25) is 5.91 Å². The molecule has 5 heteroatoms. The highest BCUT2D eigenvalue weighted by Gasteiger charge is 2.27. The van der Waals surface area contributed by atoms with Crippen molar-refractivity contribution in [2.24, 2.45) is 0 Å². The molecule has 1 saturated heterocycles. The van der Waals surface area contributed by atoms with Crippen LogP contribution in [-0.2, 0) is 16.0 Å². The Morgan fingerprint density at radius 2 is 2.30 bits per heavy atom. The van der Waals surface area contributed by atoms with E-state index in [1.807, 2.05) is 23.2 Å². The second-order valence-electron chi connectivity index (χ2n) is 5.57. The van der Waals surface area contributed by atoms with Gasteiger partial charge in [-0.15, -0.1) is 11.3 Å². The summed E-state index contributed by atoms with van der Waals surface area (Å²) in [7, 11) is 0. The van der Waals surface area contributed by atoms with Gasteiger partial charge in [-0.25, -0.2) is 0 Å². The van der Waals surface area contributed by atoms with Crippen molar-refractivity contribution in [2.45, 2.75) is 38.3 Å². The highest BCUT2D eigenvalue weighted by Crippen LogP contribution is 2.33. The van der Waals surface area contributed by atoms with E-state index in [4.69, 9.17) is 4.74 Å². The number of rotatable bonds is 3. The zero-order valence-electron chi connectivity index (χ0n) is 11.9. The largest absolute Gasteiger partial charge is 0.378 e. The number of hydrogen-bond acceptors (Lipinski definition) is 4. The van der Waals surface area contributed by atoms with Gasteiger partial charge in [0.1, 0.15) is 0 Å². The molecular formula is C15H22N2O2S. The lowest BCUT2D eigenvalue weighted by atomic mass is 9.93. The SMILES string of the molecule is CC(NC1CCCc2sccc21)C(=O)N1CCOCC1. The molecule has 20 heavy (non-hydrogen) atoms. The van der Waals surface area contributed by atoms with Crippen molar-refractivity contribution in [3.05, 3.63) is 21.9 Å². The van der Waals surface area contributed by atoms with Crippen molar-refractivity contribution in [1.29, 1.82) is 0 Å². The maximum atomic E-state index is 12.4. The summed E-state index contributed by atoms with van der Waals surface area (Å²) in [6.45, 7) is 4.75. The van der Waals surface area contributed by atoms with E-state index in [0.29, 0.717) is 19.3 Å². The average Bonchev–Trinajstić information content (AvgIpc) is 2.97. The third-order valence-corrected chi connectivity index (χ3v) is 5.19. The van der Waals surface area contributed by atoms with E-state index in [1.165, 1.54) is 23.3 Å². The fraction of sp³-hybridized carbons (Fsp3) is 0.667. The minimum Gasteiger partial charge on any atom is -0.378 e. The van der Waals surface area contributed by atoms with Crippen LogP contribution in [0.25, 0.3) is 0 Å².